The van der Waals surface area contributed by atoms with Crippen LogP contribution in [0.15, 0.2) is 54.6 Å². The van der Waals surface area contributed by atoms with Crippen molar-refractivity contribution >= 4 is 6.03 Å². The SMILES string of the molecule is COc1ccc(CN2CC3(CCC(c4ccccc4)(N(C)CC(C)C)CC3)N(CC3CCC3)C2=O)cc1. The van der Waals surface area contributed by atoms with Crippen molar-refractivity contribution in [3.05, 3.63) is 65.7 Å². The van der Waals surface area contributed by atoms with Crippen LogP contribution in [0.3, 0.4) is 0 Å². The number of urea groups is 1. The quantitative estimate of drug-likeness (QED) is 0.390. The summed E-state index contributed by atoms with van der Waals surface area (Å²) in [5.74, 6) is 2.14. The van der Waals surface area contributed by atoms with Gasteiger partial charge in [-0.3, -0.25) is 4.90 Å². The highest BCUT2D eigenvalue weighted by molar-refractivity contribution is 5.78. The second-order valence-electron chi connectivity index (χ2n) is 12.3. The molecule has 1 saturated heterocycles. The Morgan fingerprint density at radius 1 is 1.00 bits per heavy atom. The Bertz CT molecular complexity index is 1040. The molecule has 2 aromatic rings. The lowest BCUT2D eigenvalue weighted by atomic mass is 9.67. The van der Waals surface area contributed by atoms with Gasteiger partial charge in [0.25, 0.3) is 0 Å². The summed E-state index contributed by atoms with van der Waals surface area (Å²) in [5.41, 5.74) is 2.57. The summed E-state index contributed by atoms with van der Waals surface area (Å²) < 4.78 is 5.34. The van der Waals surface area contributed by atoms with Crippen LogP contribution in [0.1, 0.15) is 69.9 Å². The summed E-state index contributed by atoms with van der Waals surface area (Å²) in [6.07, 6.45) is 8.14. The molecule has 1 heterocycles. The Morgan fingerprint density at radius 3 is 2.24 bits per heavy atom. The van der Waals surface area contributed by atoms with Gasteiger partial charge < -0.3 is 14.5 Å². The van der Waals surface area contributed by atoms with Gasteiger partial charge in [0.2, 0.25) is 0 Å². The summed E-state index contributed by atoms with van der Waals surface area (Å²) in [4.78, 5) is 21.0. The molecule has 0 unspecified atom stereocenters. The molecular formula is C32H45N3O2. The van der Waals surface area contributed by atoms with Crippen molar-refractivity contribution in [2.24, 2.45) is 11.8 Å². The third-order valence-corrected chi connectivity index (χ3v) is 9.45. The summed E-state index contributed by atoms with van der Waals surface area (Å²) in [7, 11) is 4.01. The number of methoxy groups -OCH3 is 1. The van der Waals surface area contributed by atoms with Gasteiger partial charge in [-0.15, -0.1) is 0 Å². The summed E-state index contributed by atoms with van der Waals surface area (Å²) in [6, 6.07) is 19.5. The molecule has 0 atom stereocenters. The lowest BCUT2D eigenvalue weighted by Crippen LogP contribution is -2.57. The van der Waals surface area contributed by atoms with Crippen LogP contribution in [0, 0.1) is 11.8 Å². The Labute approximate surface area is 223 Å². The van der Waals surface area contributed by atoms with Crippen molar-refractivity contribution in [2.45, 2.75) is 76.4 Å². The average Bonchev–Trinajstić information content (AvgIpc) is 3.12. The number of rotatable bonds is 9. The second-order valence-corrected chi connectivity index (χ2v) is 12.3. The van der Waals surface area contributed by atoms with Crippen LogP contribution in [0.5, 0.6) is 5.75 Å². The van der Waals surface area contributed by atoms with Crippen molar-refractivity contribution in [3.8, 4) is 5.75 Å². The van der Waals surface area contributed by atoms with Crippen LogP contribution in [-0.2, 0) is 12.1 Å². The second kappa shape index (κ2) is 10.7. The molecule has 0 radical (unpaired) electrons. The third kappa shape index (κ3) is 5.12. The molecule has 1 spiro atoms. The Kier molecular flexibility index (Phi) is 7.53. The van der Waals surface area contributed by atoms with Crippen LogP contribution in [0.2, 0.25) is 0 Å². The highest BCUT2D eigenvalue weighted by Gasteiger charge is 2.55. The van der Waals surface area contributed by atoms with Gasteiger partial charge in [-0.1, -0.05) is 62.7 Å². The zero-order chi connectivity index (χ0) is 26.0. The number of hydrogen-bond acceptors (Lipinski definition) is 3. The van der Waals surface area contributed by atoms with E-state index in [0.29, 0.717) is 18.4 Å². The lowest BCUT2D eigenvalue weighted by Gasteiger charge is -2.52. The predicted octanol–water partition coefficient (Wildman–Crippen LogP) is 6.53. The van der Waals surface area contributed by atoms with E-state index < -0.39 is 0 Å². The third-order valence-electron chi connectivity index (χ3n) is 9.45. The normalized spacial score (nSPS) is 26.4. The Hall–Kier alpha value is -2.53. The average molecular weight is 504 g/mol. The predicted molar refractivity (Wildman–Crippen MR) is 150 cm³/mol. The van der Waals surface area contributed by atoms with E-state index in [9.17, 15) is 4.79 Å². The van der Waals surface area contributed by atoms with Crippen molar-refractivity contribution < 1.29 is 9.53 Å². The minimum absolute atomic E-state index is 0.0331. The van der Waals surface area contributed by atoms with Gasteiger partial charge in [0.15, 0.2) is 0 Å². The van der Waals surface area contributed by atoms with Crippen LogP contribution in [-0.4, -0.2) is 60.1 Å². The van der Waals surface area contributed by atoms with E-state index in [0.717, 1.165) is 51.1 Å². The first-order valence-corrected chi connectivity index (χ1v) is 14.3. The molecule has 5 heteroatoms. The number of amides is 2. The summed E-state index contributed by atoms with van der Waals surface area (Å²) in [6.45, 7) is 8.14. The van der Waals surface area contributed by atoms with Crippen LogP contribution < -0.4 is 4.74 Å². The van der Waals surface area contributed by atoms with E-state index in [-0.39, 0.29) is 17.1 Å². The molecule has 0 bridgehead atoms. The van der Waals surface area contributed by atoms with Gasteiger partial charge in [-0.2, -0.15) is 0 Å². The monoisotopic (exact) mass is 503 g/mol. The molecular weight excluding hydrogens is 458 g/mol. The highest BCUT2D eigenvalue weighted by atomic mass is 16.5. The fourth-order valence-electron chi connectivity index (χ4n) is 7.08. The number of carbonyl (C=O) groups excluding carboxylic acids is 1. The molecule has 3 fully saturated rings. The maximum absolute atomic E-state index is 13.9. The molecule has 0 N–H and O–H groups in total. The van der Waals surface area contributed by atoms with Crippen molar-refractivity contribution in [1.29, 1.82) is 0 Å². The van der Waals surface area contributed by atoms with Gasteiger partial charge in [0, 0.05) is 31.7 Å². The fraction of sp³-hybridized carbons (Fsp3) is 0.594. The topological polar surface area (TPSA) is 36.0 Å². The minimum Gasteiger partial charge on any atom is -0.497 e. The first-order chi connectivity index (χ1) is 17.8. The Balaban J connectivity index is 1.40. The first kappa shape index (κ1) is 26.1. The van der Waals surface area contributed by atoms with E-state index in [1.54, 1.807) is 7.11 Å². The maximum Gasteiger partial charge on any atom is 0.320 e. The number of nitrogens with zero attached hydrogens (tertiary/aromatic N) is 3. The van der Waals surface area contributed by atoms with E-state index in [4.69, 9.17) is 4.74 Å². The number of hydrogen-bond donors (Lipinski definition) is 0. The lowest BCUT2D eigenvalue weighted by molar-refractivity contribution is 0.000189. The van der Waals surface area contributed by atoms with E-state index in [2.05, 4.69) is 78.1 Å². The number of ether oxygens (including phenoxy) is 1. The van der Waals surface area contributed by atoms with Crippen LogP contribution in [0.4, 0.5) is 4.79 Å². The van der Waals surface area contributed by atoms with Crippen molar-refractivity contribution in [1.82, 2.24) is 14.7 Å². The molecule has 0 aromatic heterocycles. The first-order valence-electron chi connectivity index (χ1n) is 14.3. The van der Waals surface area contributed by atoms with Gasteiger partial charge in [0.1, 0.15) is 5.75 Å². The molecule has 2 aromatic carbocycles. The molecule has 2 saturated carbocycles. The maximum atomic E-state index is 13.9. The summed E-state index contributed by atoms with van der Waals surface area (Å²) >= 11 is 0. The molecule has 2 aliphatic carbocycles. The zero-order valence-electron chi connectivity index (χ0n) is 23.3. The van der Waals surface area contributed by atoms with Crippen molar-refractivity contribution in [2.75, 3.05) is 33.8 Å². The molecule has 5 nitrogen and oxygen atoms in total. The molecule has 1 aliphatic heterocycles. The molecule has 37 heavy (non-hydrogen) atoms. The largest absolute Gasteiger partial charge is 0.497 e. The molecule has 2 amide bonds. The van der Waals surface area contributed by atoms with Gasteiger partial charge in [-0.25, -0.2) is 4.79 Å². The highest BCUT2D eigenvalue weighted by Crippen LogP contribution is 2.50. The van der Waals surface area contributed by atoms with Crippen LogP contribution >= 0.6 is 0 Å². The van der Waals surface area contributed by atoms with E-state index in [1.165, 1.54) is 30.4 Å². The van der Waals surface area contributed by atoms with E-state index in [1.807, 2.05) is 12.1 Å². The van der Waals surface area contributed by atoms with Crippen molar-refractivity contribution in [3.63, 3.8) is 0 Å². The van der Waals surface area contributed by atoms with Gasteiger partial charge >= 0.3 is 6.03 Å². The zero-order valence-corrected chi connectivity index (χ0v) is 23.3. The number of carbonyl (C=O) groups is 1. The fourth-order valence-corrected chi connectivity index (χ4v) is 7.08. The van der Waals surface area contributed by atoms with Crippen LogP contribution in [0.25, 0.3) is 0 Å². The smallest absolute Gasteiger partial charge is 0.320 e. The molecule has 5 rings (SSSR count). The molecule has 200 valence electrons. The Morgan fingerprint density at radius 2 is 1.68 bits per heavy atom. The number of benzene rings is 2. The van der Waals surface area contributed by atoms with Gasteiger partial charge in [-0.05, 0) is 80.7 Å². The van der Waals surface area contributed by atoms with Gasteiger partial charge in [0.05, 0.1) is 12.6 Å². The summed E-state index contributed by atoms with van der Waals surface area (Å²) in [5, 5.41) is 0. The standard InChI is InChI=1S/C32H45N3O2/c1-25(2)21-33(3)32(28-11-6-5-7-12-28)19-17-31(18-20-32)24-34(22-27-13-15-29(37-4)16-14-27)30(36)35(31)23-26-9-8-10-26/h5-7,11-16,25-26H,8-10,17-24H2,1-4H3. The minimum atomic E-state index is -0.0594. The molecule has 3 aliphatic rings. The van der Waals surface area contributed by atoms with E-state index >= 15 is 0 Å².